The van der Waals surface area contributed by atoms with Crippen molar-refractivity contribution in [3.8, 4) is 0 Å². The number of likely N-dealkylation sites (tertiary alicyclic amines) is 1. The fourth-order valence-electron chi connectivity index (χ4n) is 2.20. The van der Waals surface area contributed by atoms with Crippen LogP contribution in [-0.2, 0) is 16.1 Å². The molecule has 0 radical (unpaired) electrons. The molecule has 8 nitrogen and oxygen atoms in total. The molecule has 2 heterocycles. The summed E-state index contributed by atoms with van der Waals surface area (Å²) in [5.74, 6) is -0.379. The lowest BCUT2D eigenvalue weighted by molar-refractivity contribution is -0.141. The number of aliphatic carboxylic acids is 1. The first kappa shape index (κ1) is 14.3. The number of carboxylic acids is 1. The third-order valence-electron chi connectivity index (χ3n) is 3.24. The lowest BCUT2D eigenvalue weighted by Gasteiger charge is -2.21. The molecule has 8 heteroatoms. The summed E-state index contributed by atoms with van der Waals surface area (Å²) in [6.07, 6.45) is 0.0404. The van der Waals surface area contributed by atoms with Gasteiger partial charge >= 0.3 is 12.0 Å². The van der Waals surface area contributed by atoms with E-state index in [-0.39, 0.29) is 19.2 Å². The molecular formula is C12H17N3O5. The molecule has 2 unspecified atom stereocenters. The number of carboxylic acid groups (broad SMARTS) is 1. The average Bonchev–Trinajstić information content (AvgIpc) is 3.02. The number of hydrogen-bond donors (Lipinski definition) is 2. The highest BCUT2D eigenvalue weighted by atomic mass is 16.5. The number of nitrogens with zero attached hydrogens (tertiary/aromatic N) is 2. The summed E-state index contributed by atoms with van der Waals surface area (Å²) in [7, 11) is 1.50. The fourth-order valence-corrected chi connectivity index (χ4v) is 2.20. The van der Waals surface area contributed by atoms with E-state index in [4.69, 9.17) is 14.4 Å². The van der Waals surface area contributed by atoms with Crippen molar-refractivity contribution in [3.63, 3.8) is 0 Å². The van der Waals surface area contributed by atoms with Crippen LogP contribution in [0.25, 0.3) is 0 Å². The van der Waals surface area contributed by atoms with E-state index < -0.39 is 18.0 Å². The number of methoxy groups -OCH3 is 1. The van der Waals surface area contributed by atoms with Gasteiger partial charge in [0.1, 0.15) is 17.5 Å². The van der Waals surface area contributed by atoms with Crippen molar-refractivity contribution >= 4 is 12.0 Å². The predicted molar refractivity (Wildman–Crippen MR) is 67.0 cm³/mol. The maximum Gasteiger partial charge on any atom is 0.326 e. The van der Waals surface area contributed by atoms with Crippen molar-refractivity contribution in [2.24, 2.45) is 0 Å². The molecule has 1 aromatic heterocycles. The summed E-state index contributed by atoms with van der Waals surface area (Å²) in [5, 5.41) is 15.5. The average molecular weight is 283 g/mol. The highest BCUT2D eigenvalue weighted by Gasteiger charge is 2.39. The third kappa shape index (κ3) is 3.08. The van der Waals surface area contributed by atoms with Crippen LogP contribution in [0.3, 0.4) is 0 Å². The number of aryl methyl sites for hydroxylation is 1. The molecule has 0 aromatic carbocycles. The van der Waals surface area contributed by atoms with E-state index in [1.807, 2.05) is 0 Å². The second-order valence-corrected chi connectivity index (χ2v) is 4.69. The smallest absolute Gasteiger partial charge is 0.326 e. The molecule has 0 saturated carbocycles. The molecule has 110 valence electrons. The van der Waals surface area contributed by atoms with E-state index >= 15 is 0 Å². The van der Waals surface area contributed by atoms with Gasteiger partial charge in [-0.05, 0) is 6.92 Å². The van der Waals surface area contributed by atoms with Gasteiger partial charge in [-0.1, -0.05) is 5.16 Å². The van der Waals surface area contributed by atoms with Gasteiger partial charge in [0.05, 0.1) is 12.6 Å². The predicted octanol–water partition coefficient (Wildman–Crippen LogP) is 0.367. The van der Waals surface area contributed by atoms with Crippen LogP contribution < -0.4 is 5.32 Å². The van der Waals surface area contributed by atoms with Crippen molar-refractivity contribution in [1.82, 2.24) is 15.4 Å². The molecule has 0 spiro atoms. The molecular weight excluding hydrogens is 266 g/mol. The Morgan fingerprint density at radius 1 is 1.65 bits per heavy atom. The quantitative estimate of drug-likeness (QED) is 0.827. The molecule has 1 aromatic rings. The van der Waals surface area contributed by atoms with E-state index in [0.717, 1.165) is 0 Å². The Morgan fingerprint density at radius 3 is 2.95 bits per heavy atom. The number of aromatic nitrogens is 1. The van der Waals surface area contributed by atoms with Crippen LogP contribution in [-0.4, -0.2) is 53.0 Å². The van der Waals surface area contributed by atoms with Gasteiger partial charge in [-0.3, -0.25) is 0 Å². The normalized spacial score (nSPS) is 22.0. The first-order valence-corrected chi connectivity index (χ1v) is 6.23. The number of carbonyl (C=O) groups excluding carboxylic acids is 1. The van der Waals surface area contributed by atoms with Gasteiger partial charge in [0.2, 0.25) is 0 Å². The molecule has 1 fully saturated rings. The summed E-state index contributed by atoms with van der Waals surface area (Å²) in [4.78, 5) is 24.5. The molecule has 2 atom stereocenters. The number of rotatable bonds is 4. The number of urea groups is 1. The van der Waals surface area contributed by atoms with Crippen LogP contribution >= 0.6 is 0 Å². The fraction of sp³-hybridized carbons (Fsp3) is 0.583. The minimum absolute atomic E-state index is 0.191. The van der Waals surface area contributed by atoms with Gasteiger partial charge in [0.15, 0.2) is 0 Å². The van der Waals surface area contributed by atoms with Crippen LogP contribution in [0.1, 0.15) is 17.9 Å². The minimum Gasteiger partial charge on any atom is -0.480 e. The Kier molecular flexibility index (Phi) is 4.23. The summed E-state index contributed by atoms with van der Waals surface area (Å²) in [5.41, 5.74) is 0.588. The lowest BCUT2D eigenvalue weighted by Crippen LogP contribution is -2.46. The number of nitrogens with one attached hydrogen (secondary N) is 1. The van der Waals surface area contributed by atoms with E-state index in [2.05, 4.69) is 10.5 Å². The van der Waals surface area contributed by atoms with Crippen LogP contribution in [0.4, 0.5) is 4.79 Å². The van der Waals surface area contributed by atoms with Gasteiger partial charge in [-0.2, -0.15) is 0 Å². The molecule has 1 aliphatic rings. The summed E-state index contributed by atoms with van der Waals surface area (Å²) in [6, 6.07) is 0.397. The standard InChI is InChI=1S/C12H17N3O5/c1-7-3-8(14-20-7)5-13-12(18)15-6-9(19-2)4-10(15)11(16)17/h3,9-10H,4-6H2,1-2H3,(H,13,18)(H,16,17). The Labute approximate surface area is 115 Å². The van der Waals surface area contributed by atoms with E-state index in [0.29, 0.717) is 17.9 Å². The van der Waals surface area contributed by atoms with Crippen molar-refractivity contribution in [3.05, 3.63) is 17.5 Å². The summed E-state index contributed by atoms with van der Waals surface area (Å²) < 4.78 is 10.0. The maximum absolute atomic E-state index is 12.0. The highest BCUT2D eigenvalue weighted by Crippen LogP contribution is 2.20. The third-order valence-corrected chi connectivity index (χ3v) is 3.24. The van der Waals surface area contributed by atoms with Crippen molar-refractivity contribution in [2.75, 3.05) is 13.7 Å². The van der Waals surface area contributed by atoms with Gasteiger partial charge in [0.25, 0.3) is 0 Å². The Bertz CT molecular complexity index is 501. The zero-order valence-electron chi connectivity index (χ0n) is 11.3. The van der Waals surface area contributed by atoms with Crippen molar-refractivity contribution in [2.45, 2.75) is 32.0 Å². The molecule has 2 rings (SSSR count). The molecule has 2 amide bonds. The molecule has 1 aliphatic heterocycles. The van der Waals surface area contributed by atoms with Gasteiger partial charge < -0.3 is 24.6 Å². The molecule has 20 heavy (non-hydrogen) atoms. The molecule has 2 N–H and O–H groups in total. The van der Waals surface area contributed by atoms with Crippen molar-refractivity contribution in [1.29, 1.82) is 0 Å². The van der Waals surface area contributed by atoms with Gasteiger partial charge in [-0.15, -0.1) is 0 Å². The summed E-state index contributed by atoms with van der Waals surface area (Å²) >= 11 is 0. The Hall–Kier alpha value is -2.09. The Morgan fingerprint density at radius 2 is 2.40 bits per heavy atom. The second kappa shape index (κ2) is 5.91. The van der Waals surface area contributed by atoms with Gasteiger partial charge in [-0.25, -0.2) is 9.59 Å². The Balaban J connectivity index is 1.95. The molecule has 1 saturated heterocycles. The van der Waals surface area contributed by atoms with Crippen LogP contribution in [0, 0.1) is 6.92 Å². The van der Waals surface area contributed by atoms with E-state index in [9.17, 15) is 9.59 Å². The topological polar surface area (TPSA) is 105 Å². The number of carbonyl (C=O) groups is 2. The largest absolute Gasteiger partial charge is 0.480 e. The molecule has 0 aliphatic carbocycles. The van der Waals surface area contributed by atoms with E-state index in [1.165, 1.54) is 12.0 Å². The van der Waals surface area contributed by atoms with Crippen LogP contribution in [0.5, 0.6) is 0 Å². The molecule has 0 bridgehead atoms. The number of amides is 2. The second-order valence-electron chi connectivity index (χ2n) is 4.69. The van der Waals surface area contributed by atoms with Gasteiger partial charge in [0, 0.05) is 26.1 Å². The minimum atomic E-state index is -1.03. The van der Waals surface area contributed by atoms with Crippen LogP contribution in [0.2, 0.25) is 0 Å². The summed E-state index contributed by atoms with van der Waals surface area (Å²) in [6.45, 7) is 2.20. The first-order valence-electron chi connectivity index (χ1n) is 6.23. The maximum atomic E-state index is 12.0. The van der Waals surface area contributed by atoms with Crippen molar-refractivity contribution < 1.29 is 24.0 Å². The highest BCUT2D eigenvalue weighted by molar-refractivity contribution is 5.83. The first-order chi connectivity index (χ1) is 9.51. The lowest BCUT2D eigenvalue weighted by atomic mass is 10.2. The van der Waals surface area contributed by atoms with Crippen LogP contribution in [0.15, 0.2) is 10.6 Å². The van der Waals surface area contributed by atoms with E-state index in [1.54, 1.807) is 13.0 Å². The SMILES string of the molecule is COC1CC(C(=O)O)N(C(=O)NCc2cc(C)on2)C1. The monoisotopic (exact) mass is 283 g/mol. The zero-order chi connectivity index (χ0) is 14.7. The number of hydrogen-bond acceptors (Lipinski definition) is 5. The zero-order valence-corrected chi connectivity index (χ0v) is 11.3. The number of ether oxygens (including phenoxy) is 1.